The van der Waals surface area contributed by atoms with E-state index in [2.05, 4.69) is 41.7 Å². The standard InChI is InChI=1S/C22H22N2OS/c1-14-7-10-20-19(11-14)13-21(26-20)22(25)24-23-15(2)17-9-8-16-5-3-4-6-18(16)12-17/h3-6,8-9,12-14H,7,10-11H2,1-2H3,(H,24,25)/b23-15-/t14-/m1/s1. The number of rotatable bonds is 3. The lowest BCUT2D eigenvalue weighted by atomic mass is 9.90. The van der Waals surface area contributed by atoms with E-state index in [1.165, 1.54) is 27.6 Å². The van der Waals surface area contributed by atoms with Crippen molar-refractivity contribution in [2.75, 3.05) is 0 Å². The molecule has 0 spiro atoms. The van der Waals surface area contributed by atoms with Crippen LogP contribution in [0.1, 0.15) is 45.9 Å². The fourth-order valence-electron chi connectivity index (χ4n) is 3.49. The Bertz CT molecular complexity index is 1000. The molecule has 1 heterocycles. The first kappa shape index (κ1) is 17.0. The number of carbonyl (C=O) groups is 1. The van der Waals surface area contributed by atoms with Gasteiger partial charge in [-0.15, -0.1) is 11.3 Å². The summed E-state index contributed by atoms with van der Waals surface area (Å²) in [6.45, 7) is 4.20. The van der Waals surface area contributed by atoms with Gasteiger partial charge in [0.2, 0.25) is 0 Å². The summed E-state index contributed by atoms with van der Waals surface area (Å²) >= 11 is 1.61. The first-order valence-electron chi connectivity index (χ1n) is 9.05. The van der Waals surface area contributed by atoms with Crippen LogP contribution in [0.2, 0.25) is 0 Å². The molecule has 0 fully saturated rings. The monoisotopic (exact) mass is 362 g/mol. The summed E-state index contributed by atoms with van der Waals surface area (Å²) < 4.78 is 0. The minimum absolute atomic E-state index is 0.114. The van der Waals surface area contributed by atoms with Gasteiger partial charge in [-0.05, 0) is 66.1 Å². The summed E-state index contributed by atoms with van der Waals surface area (Å²) in [6.07, 6.45) is 3.39. The van der Waals surface area contributed by atoms with Gasteiger partial charge < -0.3 is 0 Å². The fourth-order valence-corrected chi connectivity index (χ4v) is 4.58. The van der Waals surface area contributed by atoms with Crippen molar-refractivity contribution in [3.05, 3.63) is 69.4 Å². The van der Waals surface area contributed by atoms with Crippen molar-refractivity contribution >= 4 is 33.7 Å². The number of nitrogens with one attached hydrogen (secondary N) is 1. The van der Waals surface area contributed by atoms with E-state index in [9.17, 15) is 4.79 Å². The molecule has 0 radical (unpaired) electrons. The van der Waals surface area contributed by atoms with E-state index in [4.69, 9.17) is 0 Å². The van der Waals surface area contributed by atoms with Crippen LogP contribution in [0.15, 0.2) is 53.6 Å². The first-order valence-corrected chi connectivity index (χ1v) is 9.87. The van der Waals surface area contributed by atoms with Gasteiger partial charge in [-0.1, -0.05) is 43.3 Å². The maximum Gasteiger partial charge on any atom is 0.281 e. The SMILES string of the molecule is C/C(=N/NC(=O)c1cc2c(s1)CC[C@@H](C)C2)c1ccc2ccccc2c1. The van der Waals surface area contributed by atoms with Crippen molar-refractivity contribution in [2.24, 2.45) is 11.0 Å². The molecular formula is C22H22N2OS. The quantitative estimate of drug-likeness (QED) is 0.506. The second-order valence-corrected chi connectivity index (χ2v) is 8.24. The summed E-state index contributed by atoms with van der Waals surface area (Å²) in [4.78, 5) is 14.6. The molecule has 1 aromatic heterocycles. The molecule has 4 rings (SSSR count). The number of nitrogens with zero attached hydrogens (tertiary/aromatic N) is 1. The highest BCUT2D eigenvalue weighted by Gasteiger charge is 2.20. The maximum absolute atomic E-state index is 12.5. The van der Waals surface area contributed by atoms with Gasteiger partial charge in [0.15, 0.2) is 0 Å². The molecule has 0 bridgehead atoms. The second-order valence-electron chi connectivity index (χ2n) is 7.11. The van der Waals surface area contributed by atoms with E-state index in [0.717, 1.165) is 29.0 Å². The number of hydrogen-bond acceptors (Lipinski definition) is 3. The molecule has 0 saturated carbocycles. The second kappa shape index (κ2) is 7.04. The van der Waals surface area contributed by atoms with Gasteiger partial charge in [0.1, 0.15) is 0 Å². The van der Waals surface area contributed by atoms with Gasteiger partial charge >= 0.3 is 0 Å². The van der Waals surface area contributed by atoms with E-state index in [1.807, 2.05) is 31.2 Å². The van der Waals surface area contributed by atoms with Crippen LogP contribution in [0.4, 0.5) is 0 Å². The molecular weight excluding hydrogens is 340 g/mol. The van der Waals surface area contributed by atoms with Crippen molar-refractivity contribution in [3.8, 4) is 0 Å². The molecule has 1 atom stereocenters. The summed E-state index contributed by atoms with van der Waals surface area (Å²) in [5.41, 5.74) is 5.89. The highest BCUT2D eigenvalue weighted by Crippen LogP contribution is 2.32. The number of thiophene rings is 1. The van der Waals surface area contributed by atoms with E-state index >= 15 is 0 Å². The molecule has 26 heavy (non-hydrogen) atoms. The zero-order valence-corrected chi connectivity index (χ0v) is 15.9. The predicted octanol–water partition coefficient (Wildman–Crippen LogP) is 5.18. The van der Waals surface area contributed by atoms with E-state index in [1.54, 1.807) is 11.3 Å². The molecule has 1 N–H and O–H groups in total. The highest BCUT2D eigenvalue weighted by atomic mass is 32.1. The van der Waals surface area contributed by atoms with Crippen LogP contribution in [-0.4, -0.2) is 11.6 Å². The zero-order chi connectivity index (χ0) is 18.1. The Kier molecular flexibility index (Phi) is 4.60. The molecule has 4 heteroatoms. The van der Waals surface area contributed by atoms with Crippen LogP contribution in [0.25, 0.3) is 10.8 Å². The van der Waals surface area contributed by atoms with Crippen molar-refractivity contribution in [3.63, 3.8) is 0 Å². The van der Waals surface area contributed by atoms with Crippen LogP contribution in [0, 0.1) is 5.92 Å². The minimum atomic E-state index is -0.114. The van der Waals surface area contributed by atoms with Gasteiger partial charge in [0, 0.05) is 4.88 Å². The van der Waals surface area contributed by atoms with Gasteiger partial charge in [-0.2, -0.15) is 5.10 Å². The molecule has 3 aromatic rings. The number of fused-ring (bicyclic) bond motifs is 2. The summed E-state index contributed by atoms with van der Waals surface area (Å²) in [7, 11) is 0. The molecule has 0 aliphatic heterocycles. The average molecular weight is 362 g/mol. The van der Waals surface area contributed by atoms with Crippen LogP contribution in [-0.2, 0) is 12.8 Å². The van der Waals surface area contributed by atoms with Crippen LogP contribution in [0.5, 0.6) is 0 Å². The molecule has 1 aliphatic carbocycles. The van der Waals surface area contributed by atoms with Crippen LogP contribution in [0.3, 0.4) is 0 Å². The van der Waals surface area contributed by atoms with Crippen molar-refractivity contribution in [1.29, 1.82) is 0 Å². The van der Waals surface area contributed by atoms with E-state index in [0.29, 0.717) is 5.92 Å². The normalized spacial score (nSPS) is 17.2. The lowest BCUT2D eigenvalue weighted by Crippen LogP contribution is -2.18. The smallest absolute Gasteiger partial charge is 0.266 e. The molecule has 3 nitrogen and oxygen atoms in total. The van der Waals surface area contributed by atoms with Gasteiger partial charge in [0.25, 0.3) is 5.91 Å². The zero-order valence-electron chi connectivity index (χ0n) is 15.1. The summed E-state index contributed by atoms with van der Waals surface area (Å²) in [6, 6.07) is 16.5. The van der Waals surface area contributed by atoms with Gasteiger partial charge in [-0.3, -0.25) is 4.79 Å². The van der Waals surface area contributed by atoms with Gasteiger partial charge in [-0.25, -0.2) is 5.43 Å². The van der Waals surface area contributed by atoms with Crippen molar-refractivity contribution in [2.45, 2.75) is 33.1 Å². The molecule has 2 aromatic carbocycles. The molecule has 0 saturated heterocycles. The Morgan fingerprint density at radius 1 is 1.15 bits per heavy atom. The Morgan fingerprint density at radius 3 is 2.81 bits per heavy atom. The number of aryl methyl sites for hydroxylation is 1. The largest absolute Gasteiger partial charge is 0.281 e. The summed E-state index contributed by atoms with van der Waals surface area (Å²) in [5, 5.41) is 6.70. The van der Waals surface area contributed by atoms with Crippen molar-refractivity contribution in [1.82, 2.24) is 5.43 Å². The number of amides is 1. The Labute approximate surface area is 157 Å². The summed E-state index contributed by atoms with van der Waals surface area (Å²) in [5.74, 6) is 0.596. The maximum atomic E-state index is 12.5. The average Bonchev–Trinajstić information content (AvgIpc) is 3.08. The lowest BCUT2D eigenvalue weighted by molar-refractivity contribution is 0.0959. The van der Waals surface area contributed by atoms with Crippen LogP contribution < -0.4 is 5.43 Å². The third-order valence-corrected chi connectivity index (χ3v) is 6.28. The van der Waals surface area contributed by atoms with Gasteiger partial charge in [0.05, 0.1) is 10.6 Å². The predicted molar refractivity (Wildman–Crippen MR) is 109 cm³/mol. The number of benzene rings is 2. The topological polar surface area (TPSA) is 41.5 Å². The minimum Gasteiger partial charge on any atom is -0.266 e. The molecule has 132 valence electrons. The lowest BCUT2D eigenvalue weighted by Gasteiger charge is -2.16. The van der Waals surface area contributed by atoms with Crippen molar-refractivity contribution < 1.29 is 4.79 Å². The first-order chi connectivity index (χ1) is 12.6. The third kappa shape index (κ3) is 3.42. The number of hydrazone groups is 1. The highest BCUT2D eigenvalue weighted by molar-refractivity contribution is 7.14. The molecule has 0 unspecified atom stereocenters. The fraction of sp³-hybridized carbons (Fsp3) is 0.273. The number of hydrogen-bond donors (Lipinski definition) is 1. The third-order valence-electron chi connectivity index (χ3n) is 5.05. The number of carbonyl (C=O) groups excluding carboxylic acids is 1. The van der Waals surface area contributed by atoms with Crippen LogP contribution >= 0.6 is 11.3 Å². The molecule has 1 amide bonds. The van der Waals surface area contributed by atoms with E-state index in [-0.39, 0.29) is 5.91 Å². The van der Waals surface area contributed by atoms with E-state index < -0.39 is 0 Å². The molecule has 1 aliphatic rings. The Balaban J connectivity index is 1.50. The Hall–Kier alpha value is -2.46. The Morgan fingerprint density at radius 2 is 1.96 bits per heavy atom.